The van der Waals surface area contributed by atoms with Crippen LogP contribution in [0.25, 0.3) is 0 Å². The summed E-state index contributed by atoms with van der Waals surface area (Å²) in [6.07, 6.45) is 6.13. The molecule has 0 spiro atoms. The molecule has 6 heteroatoms. The van der Waals surface area contributed by atoms with Crippen LogP contribution in [-0.2, 0) is 4.79 Å². The number of piperidine rings is 1. The van der Waals surface area contributed by atoms with Crippen molar-refractivity contribution in [3.05, 3.63) is 30.1 Å². The standard InChI is InChI=1S/C18H24FN3O2/c19-14-7-9-16(10-8-14)21-18(24)22-11-3-4-13(12-22)17(23)20-15-5-1-2-6-15/h7-10,13,15H,1-6,11-12H2,(H,20,23)(H,21,24)/t13-/m1/s1. The first-order valence-electron chi connectivity index (χ1n) is 8.74. The van der Waals surface area contributed by atoms with Gasteiger partial charge in [-0.3, -0.25) is 4.79 Å². The SMILES string of the molecule is O=C(NC1CCCC1)[C@@H]1CCCN(C(=O)Nc2ccc(F)cc2)C1. The molecule has 1 atom stereocenters. The third-order valence-electron chi connectivity index (χ3n) is 4.88. The highest BCUT2D eigenvalue weighted by atomic mass is 19.1. The van der Waals surface area contributed by atoms with Gasteiger partial charge in [0.05, 0.1) is 5.92 Å². The lowest BCUT2D eigenvalue weighted by Crippen LogP contribution is -2.48. The van der Waals surface area contributed by atoms with Gasteiger partial charge in [0.25, 0.3) is 0 Å². The van der Waals surface area contributed by atoms with Crippen LogP contribution in [-0.4, -0.2) is 36.0 Å². The van der Waals surface area contributed by atoms with Crippen LogP contribution in [0.5, 0.6) is 0 Å². The summed E-state index contributed by atoms with van der Waals surface area (Å²) in [6, 6.07) is 5.75. The van der Waals surface area contributed by atoms with Crippen LogP contribution in [0.1, 0.15) is 38.5 Å². The van der Waals surface area contributed by atoms with Crippen LogP contribution in [0.2, 0.25) is 0 Å². The Hall–Kier alpha value is -2.11. The summed E-state index contributed by atoms with van der Waals surface area (Å²) < 4.78 is 12.9. The predicted molar refractivity (Wildman–Crippen MR) is 90.1 cm³/mol. The summed E-state index contributed by atoms with van der Waals surface area (Å²) in [7, 11) is 0. The minimum atomic E-state index is -0.338. The molecule has 1 aromatic carbocycles. The van der Waals surface area contributed by atoms with Crippen molar-refractivity contribution in [1.29, 1.82) is 0 Å². The highest BCUT2D eigenvalue weighted by Crippen LogP contribution is 2.21. The zero-order valence-corrected chi connectivity index (χ0v) is 13.8. The average molecular weight is 333 g/mol. The fraction of sp³-hybridized carbons (Fsp3) is 0.556. The summed E-state index contributed by atoms with van der Waals surface area (Å²) in [5.74, 6) is -0.408. The van der Waals surface area contributed by atoms with Gasteiger partial charge >= 0.3 is 6.03 Å². The van der Waals surface area contributed by atoms with E-state index in [0.717, 1.165) is 25.7 Å². The Morgan fingerprint density at radius 2 is 1.75 bits per heavy atom. The molecule has 1 saturated heterocycles. The molecule has 0 aromatic heterocycles. The van der Waals surface area contributed by atoms with E-state index in [1.807, 2.05) is 0 Å². The Morgan fingerprint density at radius 1 is 1.04 bits per heavy atom. The smallest absolute Gasteiger partial charge is 0.321 e. The van der Waals surface area contributed by atoms with Crippen LogP contribution in [0.4, 0.5) is 14.9 Å². The van der Waals surface area contributed by atoms with E-state index in [1.54, 1.807) is 4.90 Å². The van der Waals surface area contributed by atoms with Crippen LogP contribution in [0.15, 0.2) is 24.3 Å². The number of nitrogens with zero attached hydrogens (tertiary/aromatic N) is 1. The fourth-order valence-electron chi connectivity index (χ4n) is 3.50. The normalized spacial score (nSPS) is 21.5. The van der Waals surface area contributed by atoms with Crippen molar-refractivity contribution in [3.8, 4) is 0 Å². The number of benzene rings is 1. The number of rotatable bonds is 3. The molecular formula is C18H24FN3O2. The molecule has 5 nitrogen and oxygen atoms in total. The molecular weight excluding hydrogens is 309 g/mol. The quantitative estimate of drug-likeness (QED) is 0.893. The molecule has 24 heavy (non-hydrogen) atoms. The van der Waals surface area contributed by atoms with Gasteiger partial charge in [0.2, 0.25) is 5.91 Å². The third-order valence-corrected chi connectivity index (χ3v) is 4.88. The Bertz CT molecular complexity index is 584. The molecule has 1 saturated carbocycles. The van der Waals surface area contributed by atoms with Gasteiger partial charge < -0.3 is 15.5 Å². The molecule has 130 valence electrons. The van der Waals surface area contributed by atoms with E-state index in [0.29, 0.717) is 24.8 Å². The van der Waals surface area contributed by atoms with E-state index < -0.39 is 0 Å². The second-order valence-corrected chi connectivity index (χ2v) is 6.71. The molecule has 3 rings (SSSR count). The van der Waals surface area contributed by atoms with Gasteiger partial charge in [0.1, 0.15) is 5.82 Å². The van der Waals surface area contributed by atoms with Crippen molar-refractivity contribution in [2.45, 2.75) is 44.6 Å². The van der Waals surface area contributed by atoms with Crippen LogP contribution in [0, 0.1) is 11.7 Å². The van der Waals surface area contributed by atoms with E-state index in [9.17, 15) is 14.0 Å². The first-order valence-corrected chi connectivity index (χ1v) is 8.74. The molecule has 0 radical (unpaired) electrons. The zero-order valence-electron chi connectivity index (χ0n) is 13.8. The van der Waals surface area contributed by atoms with Crippen LogP contribution >= 0.6 is 0 Å². The summed E-state index contributed by atoms with van der Waals surface area (Å²) in [5, 5.41) is 5.89. The summed E-state index contributed by atoms with van der Waals surface area (Å²) in [5.41, 5.74) is 0.555. The van der Waals surface area contributed by atoms with E-state index in [-0.39, 0.29) is 23.7 Å². The number of nitrogens with one attached hydrogen (secondary N) is 2. The molecule has 2 N–H and O–H groups in total. The maximum atomic E-state index is 12.9. The first kappa shape index (κ1) is 16.7. The molecule has 1 aliphatic carbocycles. The summed E-state index contributed by atoms with van der Waals surface area (Å²) >= 11 is 0. The number of halogens is 1. The molecule has 1 heterocycles. The van der Waals surface area contributed by atoms with Crippen molar-refractivity contribution < 1.29 is 14.0 Å². The second kappa shape index (κ2) is 7.64. The molecule has 0 unspecified atom stereocenters. The number of amides is 3. The fourth-order valence-corrected chi connectivity index (χ4v) is 3.50. The first-order chi connectivity index (χ1) is 11.6. The minimum absolute atomic E-state index is 0.0705. The van der Waals surface area contributed by atoms with Crippen LogP contribution < -0.4 is 10.6 Å². The van der Waals surface area contributed by atoms with Crippen molar-refractivity contribution >= 4 is 17.6 Å². The highest BCUT2D eigenvalue weighted by molar-refractivity contribution is 5.90. The van der Waals surface area contributed by atoms with Gasteiger partial charge in [-0.25, -0.2) is 9.18 Å². The largest absolute Gasteiger partial charge is 0.353 e. The second-order valence-electron chi connectivity index (χ2n) is 6.71. The zero-order chi connectivity index (χ0) is 16.9. The number of urea groups is 1. The van der Waals surface area contributed by atoms with Crippen molar-refractivity contribution in [2.75, 3.05) is 18.4 Å². The van der Waals surface area contributed by atoms with Crippen LogP contribution in [0.3, 0.4) is 0 Å². The Kier molecular flexibility index (Phi) is 5.33. The Balaban J connectivity index is 1.53. The maximum Gasteiger partial charge on any atom is 0.321 e. The predicted octanol–water partition coefficient (Wildman–Crippen LogP) is 3.13. The number of carbonyl (C=O) groups excluding carboxylic acids is 2. The lowest BCUT2D eigenvalue weighted by Gasteiger charge is -2.32. The molecule has 3 amide bonds. The van der Waals surface area contributed by atoms with Gasteiger partial charge in [-0.15, -0.1) is 0 Å². The van der Waals surface area contributed by atoms with Gasteiger partial charge in [-0.1, -0.05) is 12.8 Å². The number of anilines is 1. The van der Waals surface area contributed by atoms with Gasteiger partial charge in [-0.05, 0) is 49.9 Å². The van der Waals surface area contributed by atoms with Crippen molar-refractivity contribution in [3.63, 3.8) is 0 Å². The van der Waals surface area contributed by atoms with Crippen molar-refractivity contribution in [2.24, 2.45) is 5.92 Å². The highest BCUT2D eigenvalue weighted by Gasteiger charge is 2.30. The average Bonchev–Trinajstić information content (AvgIpc) is 3.10. The van der Waals surface area contributed by atoms with Gasteiger partial charge in [-0.2, -0.15) is 0 Å². The van der Waals surface area contributed by atoms with E-state index in [2.05, 4.69) is 10.6 Å². The molecule has 0 bridgehead atoms. The summed E-state index contributed by atoms with van der Waals surface area (Å²) in [4.78, 5) is 26.4. The van der Waals surface area contributed by atoms with Gasteiger partial charge in [0, 0.05) is 24.8 Å². The lowest BCUT2D eigenvalue weighted by atomic mass is 9.97. The maximum absolute atomic E-state index is 12.9. The monoisotopic (exact) mass is 333 g/mol. The van der Waals surface area contributed by atoms with E-state index in [1.165, 1.54) is 37.1 Å². The molecule has 1 aromatic rings. The number of carbonyl (C=O) groups is 2. The Morgan fingerprint density at radius 3 is 2.46 bits per heavy atom. The molecule has 1 aliphatic heterocycles. The topological polar surface area (TPSA) is 61.4 Å². The van der Waals surface area contributed by atoms with E-state index in [4.69, 9.17) is 0 Å². The minimum Gasteiger partial charge on any atom is -0.353 e. The molecule has 2 aliphatic rings. The summed E-state index contributed by atoms with van der Waals surface area (Å²) in [6.45, 7) is 1.08. The number of likely N-dealkylation sites (tertiary alicyclic amines) is 1. The third kappa shape index (κ3) is 4.24. The van der Waals surface area contributed by atoms with E-state index >= 15 is 0 Å². The lowest BCUT2D eigenvalue weighted by molar-refractivity contribution is -0.126. The number of hydrogen-bond acceptors (Lipinski definition) is 2. The molecule has 2 fully saturated rings. The van der Waals surface area contributed by atoms with Gasteiger partial charge in [0.15, 0.2) is 0 Å². The number of hydrogen-bond donors (Lipinski definition) is 2. The Labute approximate surface area is 141 Å². The van der Waals surface area contributed by atoms with Crippen molar-refractivity contribution in [1.82, 2.24) is 10.2 Å².